The molecule has 0 aliphatic carbocycles. The van der Waals surface area contributed by atoms with Crippen molar-refractivity contribution in [3.8, 4) is 0 Å². The second-order valence-corrected chi connectivity index (χ2v) is 10.5. The van der Waals surface area contributed by atoms with Crippen LogP contribution < -0.4 is 0 Å². The molecule has 0 saturated heterocycles. The first-order valence-electron chi connectivity index (χ1n) is 11.9. The van der Waals surface area contributed by atoms with Crippen molar-refractivity contribution in [3.63, 3.8) is 0 Å². The quantitative estimate of drug-likeness (QED) is 0.262. The van der Waals surface area contributed by atoms with E-state index < -0.39 is 29.5 Å². The number of nitrogens with one attached hydrogen (secondary N) is 1. The first-order valence-corrected chi connectivity index (χ1v) is 11.9. The molecule has 1 heterocycles. The number of imide groups is 1. The van der Waals surface area contributed by atoms with E-state index >= 15 is 0 Å². The van der Waals surface area contributed by atoms with Gasteiger partial charge in [-0.2, -0.15) is 0 Å². The maximum absolute atomic E-state index is 12.9. The average molecular weight is 503 g/mol. The molecule has 0 fully saturated rings. The highest BCUT2D eigenvalue weighted by Gasteiger charge is 2.31. The van der Waals surface area contributed by atoms with Crippen LogP contribution in [-0.2, 0) is 31.8 Å². The van der Waals surface area contributed by atoms with Gasteiger partial charge in [-0.05, 0) is 78.0 Å². The van der Waals surface area contributed by atoms with Crippen molar-refractivity contribution < 1.29 is 33.3 Å². The van der Waals surface area contributed by atoms with Gasteiger partial charge in [0.05, 0.1) is 7.11 Å². The molecular weight excluding hydrogens is 464 g/mol. The van der Waals surface area contributed by atoms with E-state index in [1.807, 2.05) is 24.3 Å². The van der Waals surface area contributed by atoms with Crippen molar-refractivity contribution in [2.75, 3.05) is 20.3 Å². The van der Waals surface area contributed by atoms with Gasteiger partial charge in [0, 0.05) is 23.1 Å². The van der Waals surface area contributed by atoms with Crippen LogP contribution in [0.4, 0.5) is 14.4 Å². The van der Waals surface area contributed by atoms with Crippen LogP contribution in [0.1, 0.15) is 59.2 Å². The van der Waals surface area contributed by atoms with E-state index in [0.29, 0.717) is 19.3 Å². The molecule has 9 nitrogen and oxygen atoms in total. The fourth-order valence-corrected chi connectivity index (χ4v) is 3.46. The lowest BCUT2D eigenvalue weighted by Crippen LogP contribution is -2.44. The van der Waals surface area contributed by atoms with Gasteiger partial charge in [0.1, 0.15) is 17.8 Å². The Bertz CT molecular complexity index is 1060. The molecule has 0 radical (unpaired) electrons. The highest BCUT2D eigenvalue weighted by molar-refractivity contribution is 5.88. The van der Waals surface area contributed by atoms with Crippen molar-refractivity contribution in [2.24, 2.45) is 0 Å². The van der Waals surface area contributed by atoms with E-state index in [-0.39, 0.29) is 13.2 Å². The number of nitrogens with zero attached hydrogens (tertiary/aromatic N) is 1. The lowest BCUT2D eigenvalue weighted by molar-refractivity contribution is 0.00168. The van der Waals surface area contributed by atoms with Crippen molar-refractivity contribution in [1.82, 2.24) is 9.88 Å². The molecule has 36 heavy (non-hydrogen) atoms. The maximum atomic E-state index is 12.9. The predicted molar refractivity (Wildman–Crippen MR) is 137 cm³/mol. The minimum atomic E-state index is -0.768. The van der Waals surface area contributed by atoms with E-state index in [9.17, 15) is 14.4 Å². The number of carbonyl (C=O) groups is 3. The minimum absolute atomic E-state index is 0.0628. The Morgan fingerprint density at radius 3 is 2.08 bits per heavy atom. The summed E-state index contributed by atoms with van der Waals surface area (Å²) in [5.74, 6) is 0. The zero-order valence-electron chi connectivity index (χ0n) is 22.4. The van der Waals surface area contributed by atoms with Gasteiger partial charge in [-0.15, -0.1) is 0 Å². The Morgan fingerprint density at radius 2 is 1.53 bits per heavy atom. The van der Waals surface area contributed by atoms with Crippen molar-refractivity contribution in [1.29, 1.82) is 0 Å². The molecule has 2 aromatic rings. The number of hydrogen-bond donors (Lipinski definition) is 1. The highest BCUT2D eigenvalue weighted by Crippen LogP contribution is 2.26. The minimum Gasteiger partial charge on any atom is -0.443 e. The molecule has 0 spiro atoms. The summed E-state index contributed by atoms with van der Waals surface area (Å²) < 4.78 is 20.4. The van der Waals surface area contributed by atoms with Crippen LogP contribution in [0.3, 0.4) is 0 Å². The molecule has 0 aliphatic rings. The van der Waals surface area contributed by atoms with E-state index in [4.69, 9.17) is 14.2 Å². The number of aromatic nitrogens is 1. The number of methoxy groups -OCH3 is 1. The molecule has 2 rings (SSSR count). The van der Waals surface area contributed by atoms with Crippen LogP contribution in [0.15, 0.2) is 36.4 Å². The third-order valence-corrected chi connectivity index (χ3v) is 5.00. The third kappa shape index (κ3) is 8.94. The average Bonchev–Trinajstić information content (AvgIpc) is 3.11. The smallest absolute Gasteiger partial charge is 0.443 e. The van der Waals surface area contributed by atoms with E-state index in [2.05, 4.69) is 16.3 Å². The van der Waals surface area contributed by atoms with Gasteiger partial charge in [0.2, 0.25) is 0 Å². The zero-order valence-corrected chi connectivity index (χ0v) is 22.4. The second-order valence-electron chi connectivity index (χ2n) is 10.5. The van der Waals surface area contributed by atoms with Gasteiger partial charge < -0.3 is 23.9 Å². The number of fused-ring (bicyclic) bond motifs is 1. The maximum Gasteiger partial charge on any atom is 0.508 e. The van der Waals surface area contributed by atoms with Gasteiger partial charge >= 0.3 is 18.3 Å². The number of rotatable bonds is 8. The van der Waals surface area contributed by atoms with Gasteiger partial charge in [0.25, 0.3) is 0 Å². The molecule has 0 atom stereocenters. The summed E-state index contributed by atoms with van der Waals surface area (Å²) in [6.45, 7) is 14.6. The number of para-hydroxylation sites is 1. The molecule has 1 aromatic carbocycles. The standard InChI is InChI=1S/C27H38N2O7/c1-18(17-34-25(32)33-8)13-14-22-20(19-11-9-10-12-21(19)28-22)15-16-29(23(30)35-26(2,3)4)24(31)36-27(5,6)7/h9-12,28H,1,13-17H2,2-8H3. The van der Waals surface area contributed by atoms with Gasteiger partial charge in [-0.25, -0.2) is 19.3 Å². The first-order chi connectivity index (χ1) is 16.7. The molecule has 9 heteroatoms. The SMILES string of the molecule is C=C(CCc1[nH]c2ccccc2c1CCN(C(=O)OC(C)(C)C)C(=O)OC(C)(C)C)COC(=O)OC. The summed E-state index contributed by atoms with van der Waals surface area (Å²) in [6.07, 6.45) is -0.710. The summed E-state index contributed by atoms with van der Waals surface area (Å²) in [7, 11) is 1.25. The van der Waals surface area contributed by atoms with E-state index in [0.717, 1.165) is 32.6 Å². The molecule has 0 unspecified atom stereocenters. The molecule has 1 aromatic heterocycles. The summed E-state index contributed by atoms with van der Waals surface area (Å²) in [6, 6.07) is 7.83. The third-order valence-electron chi connectivity index (χ3n) is 5.00. The lowest BCUT2D eigenvalue weighted by Gasteiger charge is -2.28. The van der Waals surface area contributed by atoms with Crippen molar-refractivity contribution in [3.05, 3.63) is 47.7 Å². The zero-order chi connectivity index (χ0) is 27.1. The predicted octanol–water partition coefficient (Wildman–Crippen LogP) is 6.15. The molecular formula is C27H38N2O7. The number of benzene rings is 1. The Labute approximate surface area is 212 Å². The van der Waals surface area contributed by atoms with Gasteiger partial charge in [-0.3, -0.25) is 0 Å². The van der Waals surface area contributed by atoms with E-state index in [1.165, 1.54) is 7.11 Å². The topological polar surface area (TPSA) is 107 Å². The Kier molecular flexibility index (Phi) is 9.55. The van der Waals surface area contributed by atoms with Crippen LogP contribution >= 0.6 is 0 Å². The van der Waals surface area contributed by atoms with Crippen molar-refractivity contribution >= 4 is 29.2 Å². The summed E-state index contributed by atoms with van der Waals surface area (Å²) >= 11 is 0. The molecule has 1 N–H and O–H groups in total. The Hall–Kier alpha value is -3.49. The monoisotopic (exact) mass is 502 g/mol. The molecule has 0 aliphatic heterocycles. The number of amides is 2. The van der Waals surface area contributed by atoms with Gasteiger partial charge in [0.15, 0.2) is 0 Å². The number of hydrogen-bond acceptors (Lipinski definition) is 7. The number of ether oxygens (including phenoxy) is 4. The normalized spacial score (nSPS) is 11.6. The largest absolute Gasteiger partial charge is 0.508 e. The Morgan fingerprint density at radius 1 is 0.944 bits per heavy atom. The van der Waals surface area contributed by atoms with Crippen LogP contribution in [-0.4, -0.2) is 59.7 Å². The van der Waals surface area contributed by atoms with Crippen LogP contribution in [0.2, 0.25) is 0 Å². The Balaban J connectivity index is 2.24. The van der Waals surface area contributed by atoms with Crippen LogP contribution in [0, 0.1) is 0 Å². The molecule has 0 bridgehead atoms. The van der Waals surface area contributed by atoms with Crippen LogP contribution in [0.25, 0.3) is 10.9 Å². The molecule has 198 valence electrons. The van der Waals surface area contributed by atoms with Gasteiger partial charge in [-0.1, -0.05) is 24.8 Å². The summed E-state index contributed by atoms with van der Waals surface area (Å²) in [5, 5.41) is 0.997. The van der Waals surface area contributed by atoms with E-state index in [1.54, 1.807) is 41.5 Å². The number of aromatic amines is 1. The fourth-order valence-electron chi connectivity index (χ4n) is 3.46. The second kappa shape index (κ2) is 12.0. The van der Waals surface area contributed by atoms with Crippen LogP contribution in [0.5, 0.6) is 0 Å². The summed E-state index contributed by atoms with van der Waals surface area (Å²) in [5.41, 5.74) is 2.06. The number of aryl methyl sites for hydroxylation is 1. The molecule has 2 amide bonds. The fraction of sp³-hybridized carbons (Fsp3) is 0.519. The summed E-state index contributed by atoms with van der Waals surface area (Å²) in [4.78, 5) is 41.4. The lowest BCUT2D eigenvalue weighted by atomic mass is 10.0. The number of H-pyrrole nitrogens is 1. The number of carbonyl (C=O) groups excluding carboxylic acids is 3. The molecule has 0 saturated carbocycles. The highest BCUT2D eigenvalue weighted by atomic mass is 16.7. The first kappa shape index (κ1) is 28.7. The van der Waals surface area contributed by atoms with Crippen molar-refractivity contribution in [2.45, 2.75) is 72.0 Å².